The number of nitrogens with zero attached hydrogens (tertiary/aromatic N) is 4. The van der Waals surface area contributed by atoms with Gasteiger partial charge in [0.15, 0.2) is 0 Å². The highest BCUT2D eigenvalue weighted by molar-refractivity contribution is 7.89. The predicted octanol–water partition coefficient (Wildman–Crippen LogP) is 2.16. The van der Waals surface area contributed by atoms with E-state index in [2.05, 4.69) is 9.62 Å². The number of nitro benzene ring substituents is 1. The van der Waals surface area contributed by atoms with Crippen LogP contribution in [-0.4, -0.2) is 78.7 Å². The normalized spacial score (nSPS) is 14.9. The Balaban J connectivity index is 1.77. The second-order valence-electron chi connectivity index (χ2n) is 8.13. The Kier molecular flexibility index (Phi) is 8.11. The lowest BCUT2D eigenvalue weighted by Gasteiger charge is -2.25. The van der Waals surface area contributed by atoms with Crippen LogP contribution in [0, 0.1) is 10.1 Å². The molecule has 1 aliphatic heterocycles. The van der Waals surface area contributed by atoms with Crippen LogP contribution in [0.3, 0.4) is 0 Å². The molecular formula is C22H31N5O5S. The summed E-state index contributed by atoms with van der Waals surface area (Å²) >= 11 is 0. The number of nitrogens with one attached hydrogen (secondary N) is 1. The van der Waals surface area contributed by atoms with E-state index >= 15 is 0 Å². The Morgan fingerprint density at radius 3 is 2.36 bits per heavy atom. The Hall–Kier alpha value is -2.89. The molecule has 10 nitrogen and oxygen atoms in total. The third-order valence-corrected chi connectivity index (χ3v) is 7.04. The van der Waals surface area contributed by atoms with Crippen LogP contribution in [0.4, 0.5) is 17.1 Å². The van der Waals surface area contributed by atoms with Crippen LogP contribution >= 0.6 is 0 Å². The van der Waals surface area contributed by atoms with E-state index in [0.717, 1.165) is 30.5 Å². The van der Waals surface area contributed by atoms with E-state index in [9.17, 15) is 18.5 Å². The van der Waals surface area contributed by atoms with E-state index in [4.69, 9.17) is 4.74 Å². The van der Waals surface area contributed by atoms with Crippen molar-refractivity contribution in [1.82, 2.24) is 9.62 Å². The van der Waals surface area contributed by atoms with Gasteiger partial charge in [-0.25, -0.2) is 13.1 Å². The van der Waals surface area contributed by atoms with Gasteiger partial charge in [-0.2, -0.15) is 0 Å². The molecule has 0 spiro atoms. The number of likely N-dealkylation sites (N-methyl/N-ethyl adjacent to an activating group) is 1. The van der Waals surface area contributed by atoms with Crippen molar-refractivity contribution in [3.05, 3.63) is 52.6 Å². The molecule has 0 bridgehead atoms. The highest BCUT2D eigenvalue weighted by atomic mass is 32.2. The highest BCUT2D eigenvalue weighted by Crippen LogP contribution is 2.32. The Bertz CT molecular complexity index is 1060. The lowest BCUT2D eigenvalue weighted by Crippen LogP contribution is -2.32. The molecule has 0 aromatic heterocycles. The first-order valence-electron chi connectivity index (χ1n) is 10.8. The minimum Gasteiger partial charge on any atom is -0.497 e. The fraction of sp³-hybridized carbons (Fsp3) is 0.455. The van der Waals surface area contributed by atoms with Crippen LogP contribution < -0.4 is 19.3 Å². The van der Waals surface area contributed by atoms with Crippen LogP contribution in [0.15, 0.2) is 47.4 Å². The lowest BCUT2D eigenvalue weighted by molar-refractivity contribution is -0.384. The molecular weight excluding hydrogens is 446 g/mol. The first-order chi connectivity index (χ1) is 15.7. The zero-order chi connectivity index (χ0) is 24.0. The highest BCUT2D eigenvalue weighted by Gasteiger charge is 2.26. The molecule has 0 saturated carbocycles. The lowest BCUT2D eigenvalue weighted by atomic mass is 10.2. The van der Waals surface area contributed by atoms with Crippen molar-refractivity contribution in [1.29, 1.82) is 0 Å². The summed E-state index contributed by atoms with van der Waals surface area (Å²) in [5.41, 5.74) is 1.30. The molecule has 11 heteroatoms. The number of methoxy groups -OCH3 is 1. The number of benzene rings is 2. The topological polar surface area (TPSA) is 108 Å². The Morgan fingerprint density at radius 2 is 1.73 bits per heavy atom. The van der Waals surface area contributed by atoms with Gasteiger partial charge in [-0.05, 0) is 56.9 Å². The number of sulfonamides is 1. The fourth-order valence-corrected chi connectivity index (χ4v) is 4.82. The summed E-state index contributed by atoms with van der Waals surface area (Å²) in [6.07, 6.45) is 0.815. The third kappa shape index (κ3) is 6.34. The van der Waals surface area contributed by atoms with Gasteiger partial charge in [0.2, 0.25) is 10.0 Å². The molecule has 2 aromatic rings. The van der Waals surface area contributed by atoms with Gasteiger partial charge in [0.25, 0.3) is 5.69 Å². The molecule has 1 aliphatic rings. The number of hydrogen-bond donors (Lipinski definition) is 1. The smallest absolute Gasteiger partial charge is 0.293 e. The second-order valence-corrected chi connectivity index (χ2v) is 9.90. The summed E-state index contributed by atoms with van der Waals surface area (Å²) in [4.78, 5) is 17.2. The zero-order valence-corrected chi connectivity index (χ0v) is 20.0. The molecule has 0 radical (unpaired) electrons. The number of rotatable bonds is 9. The van der Waals surface area contributed by atoms with E-state index in [1.165, 1.54) is 6.07 Å². The van der Waals surface area contributed by atoms with Crippen LogP contribution in [0.1, 0.15) is 6.42 Å². The molecule has 1 saturated heterocycles. The standard InChI is InChI=1S/C22H31N5O5S/c1-24(2)14-11-23-33(30,31)20-9-10-21(22(17-20)27(28)29)26-13-4-12-25(15-16-26)18-5-7-19(32-3)8-6-18/h5-10,17,23H,4,11-16H2,1-3H3. The van der Waals surface area contributed by atoms with Gasteiger partial charge in [-0.15, -0.1) is 0 Å². The average Bonchev–Trinajstić information content (AvgIpc) is 3.04. The molecule has 1 heterocycles. The summed E-state index contributed by atoms with van der Waals surface area (Å²) in [5, 5.41) is 11.8. The fourth-order valence-electron chi connectivity index (χ4n) is 3.78. The van der Waals surface area contributed by atoms with E-state index in [1.54, 1.807) is 13.2 Å². The molecule has 180 valence electrons. The van der Waals surface area contributed by atoms with E-state index in [1.807, 2.05) is 48.2 Å². The van der Waals surface area contributed by atoms with Gasteiger partial charge in [0.05, 0.1) is 16.9 Å². The molecule has 0 amide bonds. The molecule has 0 aliphatic carbocycles. The maximum absolute atomic E-state index is 12.6. The first kappa shape index (κ1) is 24.7. The summed E-state index contributed by atoms with van der Waals surface area (Å²) in [6.45, 7) is 3.48. The molecule has 3 rings (SSSR count). The number of hydrogen-bond acceptors (Lipinski definition) is 8. The quantitative estimate of drug-likeness (QED) is 0.432. The van der Waals surface area contributed by atoms with Gasteiger partial charge >= 0.3 is 0 Å². The average molecular weight is 478 g/mol. The van der Waals surface area contributed by atoms with Crippen molar-refractivity contribution < 1.29 is 18.1 Å². The monoisotopic (exact) mass is 477 g/mol. The summed E-state index contributed by atoms with van der Waals surface area (Å²) in [7, 11) is 1.47. The molecule has 1 fully saturated rings. The van der Waals surface area contributed by atoms with Crippen LogP contribution in [0.2, 0.25) is 0 Å². The number of anilines is 2. The molecule has 0 atom stereocenters. The van der Waals surface area contributed by atoms with Crippen molar-refractivity contribution in [2.24, 2.45) is 0 Å². The van der Waals surface area contributed by atoms with Crippen LogP contribution in [0.25, 0.3) is 0 Å². The number of ether oxygens (including phenoxy) is 1. The maximum atomic E-state index is 12.6. The van der Waals surface area contributed by atoms with E-state index in [0.29, 0.717) is 31.9 Å². The summed E-state index contributed by atoms with van der Waals surface area (Å²) < 4.78 is 32.9. The van der Waals surface area contributed by atoms with Crippen LogP contribution in [0.5, 0.6) is 5.75 Å². The van der Waals surface area contributed by atoms with Gasteiger partial charge in [0.1, 0.15) is 11.4 Å². The van der Waals surface area contributed by atoms with Crippen molar-refractivity contribution in [2.75, 3.05) is 70.3 Å². The zero-order valence-electron chi connectivity index (χ0n) is 19.2. The van der Waals surface area contributed by atoms with Crippen molar-refractivity contribution in [3.8, 4) is 5.75 Å². The van der Waals surface area contributed by atoms with E-state index in [-0.39, 0.29) is 17.1 Å². The Labute approximate surface area is 194 Å². The molecule has 0 unspecified atom stereocenters. The van der Waals surface area contributed by atoms with Gasteiger partial charge in [-0.3, -0.25) is 10.1 Å². The second kappa shape index (κ2) is 10.8. The van der Waals surface area contributed by atoms with Crippen molar-refractivity contribution >= 4 is 27.1 Å². The minimum absolute atomic E-state index is 0.105. The number of nitro groups is 1. The molecule has 33 heavy (non-hydrogen) atoms. The van der Waals surface area contributed by atoms with Crippen molar-refractivity contribution in [3.63, 3.8) is 0 Å². The maximum Gasteiger partial charge on any atom is 0.293 e. The summed E-state index contributed by atoms with van der Waals surface area (Å²) in [6, 6.07) is 12.0. The van der Waals surface area contributed by atoms with Gasteiger partial charge in [-0.1, -0.05) is 0 Å². The van der Waals surface area contributed by atoms with Crippen molar-refractivity contribution in [2.45, 2.75) is 11.3 Å². The minimum atomic E-state index is -3.84. The van der Waals surface area contributed by atoms with E-state index < -0.39 is 14.9 Å². The predicted molar refractivity (Wildman–Crippen MR) is 129 cm³/mol. The Morgan fingerprint density at radius 1 is 1.06 bits per heavy atom. The summed E-state index contributed by atoms with van der Waals surface area (Å²) in [5.74, 6) is 0.789. The van der Waals surface area contributed by atoms with Gasteiger partial charge < -0.3 is 19.4 Å². The van der Waals surface area contributed by atoms with Crippen LogP contribution in [-0.2, 0) is 10.0 Å². The molecule has 2 aromatic carbocycles. The molecule has 1 N–H and O–H groups in total. The SMILES string of the molecule is COc1ccc(N2CCCN(c3ccc(S(=O)(=O)NCCN(C)C)cc3[N+](=O)[O-])CC2)cc1. The van der Waals surface area contributed by atoms with Gasteiger partial charge in [0, 0.05) is 51.0 Å². The largest absolute Gasteiger partial charge is 0.497 e. The third-order valence-electron chi connectivity index (χ3n) is 5.58. The first-order valence-corrected chi connectivity index (χ1v) is 12.3.